The molecule has 0 aromatic heterocycles. The van der Waals surface area contributed by atoms with E-state index >= 15 is 0 Å². The van der Waals surface area contributed by atoms with Crippen molar-refractivity contribution in [3.8, 4) is 0 Å². The van der Waals surface area contributed by atoms with Gasteiger partial charge in [0.05, 0.1) is 0 Å². The van der Waals surface area contributed by atoms with Crippen LogP contribution in [0.5, 0.6) is 0 Å². The van der Waals surface area contributed by atoms with E-state index in [0.717, 1.165) is 25.8 Å². The molecule has 4 rings (SSSR count). The van der Waals surface area contributed by atoms with E-state index in [9.17, 15) is 4.79 Å². The Morgan fingerprint density at radius 3 is 2.44 bits per heavy atom. The standard InChI is InChI=1S/C24H27NO2/c1-24(2,3)27-23(26)25-14-8-10-19(25)16-18-15-17-9-4-5-11-20(17)22-13-7-6-12-21(18)22/h4-7,9,11-13,15,19H,8,10,14,16H2,1-3H3. The molecule has 140 valence electrons. The molecular weight excluding hydrogens is 334 g/mol. The Kier molecular flexibility index (Phi) is 4.55. The van der Waals surface area contributed by atoms with Gasteiger partial charge in [-0.1, -0.05) is 54.6 Å². The van der Waals surface area contributed by atoms with Gasteiger partial charge in [-0.05, 0) is 67.1 Å². The average Bonchev–Trinajstić information content (AvgIpc) is 3.09. The van der Waals surface area contributed by atoms with Crippen molar-refractivity contribution in [2.45, 2.75) is 51.7 Å². The highest BCUT2D eigenvalue weighted by Crippen LogP contribution is 2.32. The number of hydrogen-bond donors (Lipinski definition) is 0. The van der Waals surface area contributed by atoms with E-state index in [-0.39, 0.29) is 12.1 Å². The number of benzene rings is 3. The predicted molar refractivity (Wildman–Crippen MR) is 111 cm³/mol. The van der Waals surface area contributed by atoms with Crippen LogP contribution in [0.25, 0.3) is 21.5 Å². The molecule has 1 saturated heterocycles. The summed E-state index contributed by atoms with van der Waals surface area (Å²) in [6.07, 6.45) is 2.75. The second-order valence-electron chi connectivity index (χ2n) is 8.48. The van der Waals surface area contributed by atoms with Crippen LogP contribution in [-0.2, 0) is 11.2 Å². The first kappa shape index (κ1) is 17.8. The molecule has 0 spiro atoms. The summed E-state index contributed by atoms with van der Waals surface area (Å²) in [5, 5.41) is 5.11. The molecule has 0 saturated carbocycles. The highest BCUT2D eigenvalue weighted by Gasteiger charge is 2.32. The third kappa shape index (κ3) is 3.64. The number of ether oxygens (including phenoxy) is 1. The average molecular weight is 361 g/mol. The SMILES string of the molecule is CC(C)(C)OC(=O)N1CCCC1Cc1cc2ccccc2c2ccccc12. The van der Waals surface area contributed by atoms with Crippen LogP contribution in [0.1, 0.15) is 39.2 Å². The Bertz CT molecular complexity index is 986. The second kappa shape index (κ2) is 6.88. The van der Waals surface area contributed by atoms with Crippen LogP contribution < -0.4 is 0 Å². The van der Waals surface area contributed by atoms with Gasteiger partial charge in [0.15, 0.2) is 0 Å². The first-order valence-electron chi connectivity index (χ1n) is 9.81. The molecule has 1 aliphatic heterocycles. The molecular formula is C24H27NO2. The Morgan fingerprint density at radius 2 is 1.70 bits per heavy atom. The van der Waals surface area contributed by atoms with Crippen LogP contribution in [0.3, 0.4) is 0 Å². The first-order chi connectivity index (χ1) is 12.9. The number of nitrogens with zero attached hydrogens (tertiary/aromatic N) is 1. The lowest BCUT2D eigenvalue weighted by Gasteiger charge is -2.29. The summed E-state index contributed by atoms with van der Waals surface area (Å²) >= 11 is 0. The summed E-state index contributed by atoms with van der Waals surface area (Å²) in [6.45, 7) is 6.55. The van der Waals surface area contributed by atoms with Gasteiger partial charge in [-0.3, -0.25) is 0 Å². The zero-order valence-electron chi connectivity index (χ0n) is 16.4. The summed E-state index contributed by atoms with van der Waals surface area (Å²) in [4.78, 5) is 14.6. The number of carbonyl (C=O) groups excluding carboxylic acids is 1. The van der Waals surface area contributed by atoms with Gasteiger partial charge >= 0.3 is 6.09 Å². The minimum atomic E-state index is -0.458. The lowest BCUT2D eigenvalue weighted by molar-refractivity contribution is 0.0227. The highest BCUT2D eigenvalue weighted by molar-refractivity contribution is 6.08. The van der Waals surface area contributed by atoms with Crippen molar-refractivity contribution in [3.05, 3.63) is 60.2 Å². The topological polar surface area (TPSA) is 29.5 Å². The van der Waals surface area contributed by atoms with Crippen molar-refractivity contribution in [1.82, 2.24) is 4.90 Å². The van der Waals surface area contributed by atoms with Crippen LogP contribution in [0, 0.1) is 0 Å². The minimum Gasteiger partial charge on any atom is -0.444 e. The van der Waals surface area contributed by atoms with Gasteiger partial charge in [0.1, 0.15) is 5.60 Å². The first-order valence-corrected chi connectivity index (χ1v) is 9.81. The minimum absolute atomic E-state index is 0.185. The molecule has 0 aliphatic carbocycles. The van der Waals surface area contributed by atoms with Gasteiger partial charge in [-0.25, -0.2) is 4.79 Å². The second-order valence-corrected chi connectivity index (χ2v) is 8.48. The molecule has 0 radical (unpaired) electrons. The van der Waals surface area contributed by atoms with Crippen molar-refractivity contribution < 1.29 is 9.53 Å². The molecule has 3 aromatic rings. The Morgan fingerprint density at radius 1 is 1.04 bits per heavy atom. The largest absolute Gasteiger partial charge is 0.444 e. The van der Waals surface area contributed by atoms with E-state index in [1.807, 2.05) is 25.7 Å². The van der Waals surface area contributed by atoms with Gasteiger partial charge < -0.3 is 9.64 Å². The van der Waals surface area contributed by atoms with Crippen molar-refractivity contribution in [2.75, 3.05) is 6.54 Å². The lowest BCUT2D eigenvalue weighted by Crippen LogP contribution is -2.40. The molecule has 1 fully saturated rings. The van der Waals surface area contributed by atoms with Crippen molar-refractivity contribution in [3.63, 3.8) is 0 Å². The maximum absolute atomic E-state index is 12.6. The maximum Gasteiger partial charge on any atom is 0.410 e. The van der Waals surface area contributed by atoms with Crippen LogP contribution >= 0.6 is 0 Å². The molecule has 3 aromatic carbocycles. The Balaban J connectivity index is 1.69. The molecule has 27 heavy (non-hydrogen) atoms. The van der Waals surface area contributed by atoms with E-state index in [4.69, 9.17) is 4.74 Å². The summed E-state index contributed by atoms with van der Waals surface area (Å²) in [7, 11) is 0. The third-order valence-electron chi connectivity index (χ3n) is 5.31. The fourth-order valence-corrected chi connectivity index (χ4v) is 4.16. The van der Waals surface area contributed by atoms with Gasteiger partial charge in [-0.2, -0.15) is 0 Å². The molecule has 1 atom stereocenters. The molecule has 0 N–H and O–H groups in total. The Hall–Kier alpha value is -2.55. The molecule has 1 aliphatic rings. The number of amides is 1. The van der Waals surface area contributed by atoms with Crippen LogP contribution in [0.4, 0.5) is 4.79 Å². The van der Waals surface area contributed by atoms with E-state index in [1.165, 1.54) is 27.1 Å². The van der Waals surface area contributed by atoms with E-state index in [1.54, 1.807) is 0 Å². The molecule has 1 unspecified atom stereocenters. The summed E-state index contributed by atoms with van der Waals surface area (Å²) in [6, 6.07) is 19.6. The fraction of sp³-hybridized carbons (Fsp3) is 0.375. The number of fused-ring (bicyclic) bond motifs is 3. The molecule has 0 bridgehead atoms. The van der Waals surface area contributed by atoms with Crippen molar-refractivity contribution in [2.24, 2.45) is 0 Å². The zero-order chi connectivity index (χ0) is 19.0. The number of carbonyl (C=O) groups is 1. The summed E-state index contributed by atoms with van der Waals surface area (Å²) in [5.41, 5.74) is 0.851. The van der Waals surface area contributed by atoms with Gasteiger partial charge in [0.2, 0.25) is 0 Å². The molecule has 1 amide bonds. The fourth-order valence-electron chi connectivity index (χ4n) is 4.16. The van der Waals surface area contributed by atoms with Crippen LogP contribution in [0.2, 0.25) is 0 Å². The molecule has 3 nitrogen and oxygen atoms in total. The normalized spacial score (nSPS) is 17.6. The molecule has 1 heterocycles. The maximum atomic E-state index is 12.6. The van der Waals surface area contributed by atoms with Crippen LogP contribution in [-0.4, -0.2) is 29.2 Å². The van der Waals surface area contributed by atoms with Crippen LogP contribution in [0.15, 0.2) is 54.6 Å². The van der Waals surface area contributed by atoms with Crippen molar-refractivity contribution >= 4 is 27.6 Å². The summed E-state index contributed by atoms with van der Waals surface area (Å²) < 4.78 is 5.63. The Labute approximate surface area is 160 Å². The lowest BCUT2D eigenvalue weighted by atomic mass is 9.93. The van der Waals surface area contributed by atoms with E-state index < -0.39 is 5.60 Å². The quantitative estimate of drug-likeness (QED) is 0.529. The van der Waals surface area contributed by atoms with E-state index in [0.29, 0.717) is 0 Å². The number of rotatable bonds is 2. The predicted octanol–water partition coefficient (Wildman–Crippen LogP) is 5.94. The molecule has 3 heteroatoms. The summed E-state index contributed by atoms with van der Waals surface area (Å²) in [5.74, 6) is 0. The monoisotopic (exact) mass is 361 g/mol. The number of likely N-dealkylation sites (tertiary alicyclic amines) is 1. The highest BCUT2D eigenvalue weighted by atomic mass is 16.6. The van der Waals surface area contributed by atoms with Crippen molar-refractivity contribution in [1.29, 1.82) is 0 Å². The van der Waals surface area contributed by atoms with Gasteiger partial charge in [-0.15, -0.1) is 0 Å². The van der Waals surface area contributed by atoms with E-state index in [2.05, 4.69) is 54.6 Å². The van der Waals surface area contributed by atoms with Gasteiger partial charge in [0.25, 0.3) is 0 Å². The smallest absolute Gasteiger partial charge is 0.410 e. The zero-order valence-corrected chi connectivity index (χ0v) is 16.4. The third-order valence-corrected chi connectivity index (χ3v) is 5.31. The van der Waals surface area contributed by atoms with Gasteiger partial charge in [0, 0.05) is 12.6 Å². The number of hydrogen-bond acceptors (Lipinski definition) is 2.